The summed E-state index contributed by atoms with van der Waals surface area (Å²) in [5.74, 6) is 1.65. The molecular weight excluding hydrogens is 366 g/mol. The molecule has 1 aromatic heterocycles. The van der Waals surface area contributed by atoms with Gasteiger partial charge in [-0.2, -0.15) is 0 Å². The van der Waals surface area contributed by atoms with Crippen molar-refractivity contribution in [3.63, 3.8) is 0 Å². The largest absolute Gasteiger partial charge is 0.370 e. The quantitative estimate of drug-likeness (QED) is 0.674. The van der Waals surface area contributed by atoms with Gasteiger partial charge < -0.3 is 15.5 Å². The van der Waals surface area contributed by atoms with Crippen molar-refractivity contribution in [3.05, 3.63) is 41.6 Å². The Balaban J connectivity index is 1.35. The van der Waals surface area contributed by atoms with E-state index in [1.165, 1.54) is 0 Å². The zero-order chi connectivity index (χ0) is 20.2. The maximum Gasteiger partial charge on any atom is 0.251 e. The first-order chi connectivity index (χ1) is 14.1. The lowest BCUT2D eigenvalue weighted by Crippen LogP contribution is -2.27. The number of anilines is 1. The monoisotopic (exact) mass is 393 g/mol. The molecule has 0 bridgehead atoms. The molecule has 152 valence electrons. The topological polar surface area (TPSA) is 87.2 Å². The molecule has 7 heteroatoms. The van der Waals surface area contributed by atoms with Crippen LogP contribution in [0.3, 0.4) is 0 Å². The van der Waals surface area contributed by atoms with E-state index in [2.05, 4.69) is 20.6 Å². The number of amides is 2. The van der Waals surface area contributed by atoms with Crippen molar-refractivity contribution in [1.29, 1.82) is 0 Å². The number of nitrogens with zero attached hydrogens (tertiary/aromatic N) is 3. The maximum absolute atomic E-state index is 12.1. The van der Waals surface area contributed by atoms with E-state index in [0.717, 1.165) is 62.4 Å². The average Bonchev–Trinajstić information content (AvgIpc) is 3.44. The van der Waals surface area contributed by atoms with Crippen LogP contribution in [-0.4, -0.2) is 52.4 Å². The Bertz CT molecular complexity index is 893. The molecule has 0 atom stereocenters. The first-order valence-electron chi connectivity index (χ1n) is 10.4. The highest BCUT2D eigenvalue weighted by Crippen LogP contribution is 2.21. The lowest BCUT2D eigenvalue weighted by Gasteiger charge is -2.15. The number of carbonyl (C=O) groups is 2. The Morgan fingerprint density at radius 2 is 2.00 bits per heavy atom. The number of nitrogens with one attached hydrogen (secondary N) is 2. The number of rotatable bonds is 8. The number of aryl methyl sites for hydroxylation is 1. The van der Waals surface area contributed by atoms with Gasteiger partial charge in [0.25, 0.3) is 5.91 Å². The van der Waals surface area contributed by atoms with Crippen molar-refractivity contribution in [2.24, 2.45) is 0 Å². The third-order valence-electron chi connectivity index (χ3n) is 5.25. The molecule has 0 spiro atoms. The Kier molecular flexibility index (Phi) is 5.74. The van der Waals surface area contributed by atoms with Crippen LogP contribution in [-0.2, 0) is 4.79 Å². The van der Waals surface area contributed by atoms with Crippen LogP contribution in [0.1, 0.15) is 48.2 Å². The van der Waals surface area contributed by atoms with Crippen LogP contribution in [0.4, 0.5) is 5.82 Å². The molecule has 2 N–H and O–H groups in total. The summed E-state index contributed by atoms with van der Waals surface area (Å²) < 4.78 is 0. The summed E-state index contributed by atoms with van der Waals surface area (Å²) in [6.45, 7) is 4.36. The van der Waals surface area contributed by atoms with Gasteiger partial charge in [-0.05, 0) is 44.7 Å². The molecule has 2 aromatic rings. The second kappa shape index (κ2) is 8.59. The molecule has 1 aromatic carbocycles. The molecule has 1 saturated heterocycles. The number of carbonyl (C=O) groups excluding carboxylic acids is 2. The first-order valence-corrected chi connectivity index (χ1v) is 10.4. The number of benzene rings is 1. The highest BCUT2D eigenvalue weighted by atomic mass is 16.2. The second-order valence-electron chi connectivity index (χ2n) is 7.81. The maximum atomic E-state index is 12.1. The Morgan fingerprint density at radius 3 is 2.69 bits per heavy atom. The molecule has 2 fully saturated rings. The predicted octanol–water partition coefficient (Wildman–Crippen LogP) is 2.77. The number of hydrogen-bond acceptors (Lipinski definition) is 5. The first kappa shape index (κ1) is 19.4. The minimum absolute atomic E-state index is 0.0250. The van der Waals surface area contributed by atoms with Crippen LogP contribution in [0.15, 0.2) is 30.3 Å². The van der Waals surface area contributed by atoms with Crippen LogP contribution >= 0.6 is 0 Å². The van der Waals surface area contributed by atoms with Crippen molar-refractivity contribution >= 4 is 17.6 Å². The molecule has 0 unspecified atom stereocenters. The molecule has 7 nitrogen and oxygen atoms in total. The van der Waals surface area contributed by atoms with Gasteiger partial charge in [0, 0.05) is 55.0 Å². The average molecular weight is 393 g/mol. The third-order valence-corrected chi connectivity index (χ3v) is 5.25. The number of likely N-dealkylation sites (tertiary alicyclic amines) is 1. The SMILES string of the molecule is Cc1cc(NCCCN2CCCC2=O)nc(-c2ccc(C(=O)NC3CC3)cc2)n1. The molecule has 2 heterocycles. The van der Waals surface area contributed by atoms with E-state index in [4.69, 9.17) is 0 Å². The van der Waals surface area contributed by atoms with Gasteiger partial charge in [-0.1, -0.05) is 12.1 Å². The van der Waals surface area contributed by atoms with Crippen molar-refractivity contribution in [2.75, 3.05) is 25.0 Å². The molecule has 29 heavy (non-hydrogen) atoms. The van der Waals surface area contributed by atoms with Gasteiger partial charge in [0.05, 0.1) is 0 Å². The standard InChI is InChI=1S/C22H27N5O2/c1-15-14-19(23-11-3-13-27-12-2-4-20(27)28)26-21(24-15)16-5-7-17(8-6-16)22(29)25-18-9-10-18/h5-8,14,18H,2-4,9-13H2,1H3,(H,25,29)(H,23,24,26). The predicted molar refractivity (Wildman–Crippen MR) is 112 cm³/mol. The fourth-order valence-electron chi connectivity index (χ4n) is 3.48. The van der Waals surface area contributed by atoms with E-state index < -0.39 is 0 Å². The Labute approximate surface area is 170 Å². The fourth-order valence-corrected chi connectivity index (χ4v) is 3.48. The van der Waals surface area contributed by atoms with Crippen LogP contribution in [0, 0.1) is 6.92 Å². The molecule has 1 aliphatic carbocycles. The number of hydrogen-bond donors (Lipinski definition) is 2. The van der Waals surface area contributed by atoms with Gasteiger partial charge in [0.15, 0.2) is 5.82 Å². The zero-order valence-electron chi connectivity index (χ0n) is 16.8. The van der Waals surface area contributed by atoms with Gasteiger partial charge >= 0.3 is 0 Å². The molecule has 1 saturated carbocycles. The summed E-state index contributed by atoms with van der Waals surface area (Å²) in [6.07, 6.45) is 4.69. The molecule has 2 amide bonds. The number of aromatic nitrogens is 2. The van der Waals surface area contributed by atoms with E-state index in [9.17, 15) is 9.59 Å². The Morgan fingerprint density at radius 1 is 1.21 bits per heavy atom. The van der Waals surface area contributed by atoms with Gasteiger partial charge in [0.2, 0.25) is 5.91 Å². The van der Waals surface area contributed by atoms with E-state index in [1.54, 1.807) is 0 Å². The lowest BCUT2D eigenvalue weighted by molar-refractivity contribution is -0.127. The van der Waals surface area contributed by atoms with Gasteiger partial charge in [-0.3, -0.25) is 9.59 Å². The second-order valence-corrected chi connectivity index (χ2v) is 7.81. The van der Waals surface area contributed by atoms with Crippen LogP contribution in [0.2, 0.25) is 0 Å². The summed E-state index contributed by atoms with van der Waals surface area (Å²) in [7, 11) is 0. The summed E-state index contributed by atoms with van der Waals surface area (Å²) in [6, 6.07) is 9.68. The molecule has 0 radical (unpaired) electrons. The third kappa shape index (κ3) is 5.10. The van der Waals surface area contributed by atoms with Gasteiger partial charge in [0.1, 0.15) is 5.82 Å². The van der Waals surface area contributed by atoms with E-state index in [-0.39, 0.29) is 11.8 Å². The van der Waals surface area contributed by atoms with E-state index in [0.29, 0.717) is 23.9 Å². The van der Waals surface area contributed by atoms with Crippen LogP contribution in [0.5, 0.6) is 0 Å². The molecule has 2 aliphatic rings. The molecule has 4 rings (SSSR count). The van der Waals surface area contributed by atoms with Crippen molar-refractivity contribution in [2.45, 2.75) is 45.1 Å². The summed E-state index contributed by atoms with van der Waals surface area (Å²) in [4.78, 5) is 34.9. The smallest absolute Gasteiger partial charge is 0.251 e. The van der Waals surface area contributed by atoms with Gasteiger partial charge in [-0.15, -0.1) is 0 Å². The Hall–Kier alpha value is -2.96. The van der Waals surface area contributed by atoms with E-state index >= 15 is 0 Å². The minimum atomic E-state index is -0.0250. The normalized spacial score (nSPS) is 16.2. The summed E-state index contributed by atoms with van der Waals surface area (Å²) in [5.41, 5.74) is 2.41. The minimum Gasteiger partial charge on any atom is -0.370 e. The molecule has 1 aliphatic heterocycles. The van der Waals surface area contributed by atoms with Gasteiger partial charge in [-0.25, -0.2) is 9.97 Å². The van der Waals surface area contributed by atoms with Crippen molar-refractivity contribution in [3.8, 4) is 11.4 Å². The van der Waals surface area contributed by atoms with Crippen LogP contribution < -0.4 is 10.6 Å². The highest BCUT2D eigenvalue weighted by Gasteiger charge is 2.23. The van der Waals surface area contributed by atoms with Crippen molar-refractivity contribution in [1.82, 2.24) is 20.2 Å². The summed E-state index contributed by atoms with van der Waals surface area (Å²) in [5, 5.41) is 6.33. The molecular formula is C22H27N5O2. The van der Waals surface area contributed by atoms with Crippen molar-refractivity contribution < 1.29 is 9.59 Å². The lowest BCUT2D eigenvalue weighted by atomic mass is 10.1. The highest BCUT2D eigenvalue weighted by molar-refractivity contribution is 5.95. The fraction of sp³-hybridized carbons (Fsp3) is 0.455. The summed E-state index contributed by atoms with van der Waals surface area (Å²) >= 11 is 0. The van der Waals surface area contributed by atoms with Crippen LogP contribution in [0.25, 0.3) is 11.4 Å². The zero-order valence-corrected chi connectivity index (χ0v) is 16.8. The van der Waals surface area contributed by atoms with E-state index in [1.807, 2.05) is 42.2 Å².